The molecule has 0 unspecified atom stereocenters. The quantitative estimate of drug-likeness (QED) is 0.238. The first-order valence-electron chi connectivity index (χ1n) is 12.0. The number of carbonyl (C=O) groups excluding carboxylic acids is 1. The molecule has 182 valence electrons. The number of carbonyl (C=O) groups is 1. The highest BCUT2D eigenvalue weighted by atomic mass is 127. The Kier molecular flexibility index (Phi) is 11.7. The summed E-state index contributed by atoms with van der Waals surface area (Å²) in [6.45, 7) is 11.5. The van der Waals surface area contributed by atoms with E-state index in [2.05, 4.69) is 37.1 Å². The fourth-order valence-corrected chi connectivity index (χ4v) is 4.11. The van der Waals surface area contributed by atoms with Gasteiger partial charge in [-0.1, -0.05) is 26.2 Å². The minimum atomic E-state index is 0. The second-order valence-corrected chi connectivity index (χ2v) is 8.70. The van der Waals surface area contributed by atoms with Crippen LogP contribution in [-0.2, 0) is 18.4 Å². The third kappa shape index (κ3) is 7.86. The molecule has 10 heteroatoms. The summed E-state index contributed by atoms with van der Waals surface area (Å²) in [4.78, 5) is 24.2. The van der Waals surface area contributed by atoms with Crippen molar-refractivity contribution >= 4 is 35.8 Å². The van der Waals surface area contributed by atoms with E-state index in [1.807, 2.05) is 18.5 Å². The van der Waals surface area contributed by atoms with E-state index < -0.39 is 0 Å². The highest BCUT2D eigenvalue weighted by Gasteiger charge is 2.24. The number of likely N-dealkylation sites (tertiary alicyclic amines) is 1. The van der Waals surface area contributed by atoms with E-state index in [9.17, 15) is 4.79 Å². The molecule has 3 heterocycles. The van der Waals surface area contributed by atoms with Crippen molar-refractivity contribution in [3.63, 3.8) is 0 Å². The van der Waals surface area contributed by atoms with Crippen molar-refractivity contribution in [1.29, 1.82) is 0 Å². The molecule has 2 saturated heterocycles. The molecule has 1 aromatic rings. The normalized spacial score (nSPS) is 18.3. The monoisotopic (exact) mass is 560 g/mol. The van der Waals surface area contributed by atoms with Crippen molar-refractivity contribution < 1.29 is 4.79 Å². The standard InChI is InChI=1S/C22H40N8O.HI/c1-4-5-10-23-22(24-17-20-26-25-19(2)27(20)3)30-15-13-28(14-16-30)18-21(31)29-11-8-6-7-9-12-29;/h4-18H2,1-3H3,(H,23,24);1H. The summed E-state index contributed by atoms with van der Waals surface area (Å²) in [6, 6.07) is 0. The van der Waals surface area contributed by atoms with Crippen molar-refractivity contribution in [2.45, 2.75) is 58.9 Å². The molecular formula is C22H41IN8O. The molecule has 1 N–H and O–H groups in total. The van der Waals surface area contributed by atoms with Crippen molar-refractivity contribution in [2.75, 3.05) is 52.4 Å². The molecule has 1 aromatic heterocycles. The number of hydrogen-bond acceptors (Lipinski definition) is 5. The van der Waals surface area contributed by atoms with E-state index >= 15 is 0 Å². The van der Waals surface area contributed by atoms with Gasteiger partial charge in [-0.05, 0) is 26.2 Å². The molecule has 3 rings (SSSR count). The zero-order chi connectivity index (χ0) is 22.1. The van der Waals surface area contributed by atoms with Gasteiger partial charge in [0.25, 0.3) is 0 Å². The Labute approximate surface area is 210 Å². The van der Waals surface area contributed by atoms with Gasteiger partial charge < -0.3 is 19.7 Å². The van der Waals surface area contributed by atoms with E-state index in [1.54, 1.807) is 0 Å². The second kappa shape index (κ2) is 14.0. The molecule has 0 radical (unpaired) electrons. The summed E-state index contributed by atoms with van der Waals surface area (Å²) in [5.74, 6) is 3.00. The molecule has 1 amide bonds. The zero-order valence-corrected chi connectivity index (χ0v) is 22.4. The van der Waals surface area contributed by atoms with Crippen LogP contribution in [0.1, 0.15) is 57.1 Å². The Balaban J connectivity index is 0.00000363. The van der Waals surface area contributed by atoms with Gasteiger partial charge in [-0.15, -0.1) is 34.2 Å². The number of amides is 1. The van der Waals surface area contributed by atoms with E-state index in [1.165, 1.54) is 12.8 Å². The van der Waals surface area contributed by atoms with E-state index in [-0.39, 0.29) is 24.0 Å². The number of aromatic nitrogens is 3. The van der Waals surface area contributed by atoms with E-state index in [0.29, 0.717) is 19.0 Å². The molecule has 0 aliphatic carbocycles. The van der Waals surface area contributed by atoms with Crippen molar-refractivity contribution in [1.82, 2.24) is 34.8 Å². The molecule has 0 saturated carbocycles. The number of nitrogens with one attached hydrogen (secondary N) is 1. The Morgan fingerprint density at radius 1 is 1.00 bits per heavy atom. The number of aliphatic imine (C=N–C) groups is 1. The summed E-state index contributed by atoms with van der Waals surface area (Å²) in [7, 11) is 1.98. The molecule has 9 nitrogen and oxygen atoms in total. The number of aryl methyl sites for hydroxylation is 1. The first-order valence-corrected chi connectivity index (χ1v) is 12.0. The van der Waals surface area contributed by atoms with Crippen LogP contribution in [0.2, 0.25) is 0 Å². The lowest BCUT2D eigenvalue weighted by Crippen LogP contribution is -2.54. The van der Waals surface area contributed by atoms with Gasteiger partial charge in [0.05, 0.1) is 6.54 Å². The summed E-state index contributed by atoms with van der Waals surface area (Å²) in [6.07, 6.45) is 7.07. The van der Waals surface area contributed by atoms with Crippen LogP contribution in [0.5, 0.6) is 0 Å². The SMILES string of the molecule is CCCCNC(=NCc1nnc(C)n1C)N1CCN(CC(=O)N2CCCCCC2)CC1.I. The lowest BCUT2D eigenvalue weighted by atomic mass is 10.2. The Morgan fingerprint density at radius 2 is 1.69 bits per heavy atom. The van der Waals surface area contributed by atoms with Crippen LogP contribution in [0.25, 0.3) is 0 Å². The number of guanidine groups is 1. The molecule has 32 heavy (non-hydrogen) atoms. The molecule has 0 spiro atoms. The first-order chi connectivity index (χ1) is 15.1. The Bertz CT molecular complexity index is 722. The van der Waals surface area contributed by atoms with Gasteiger partial charge in [0.2, 0.25) is 5.91 Å². The fraction of sp³-hybridized carbons (Fsp3) is 0.818. The fourth-order valence-electron chi connectivity index (χ4n) is 4.11. The topological polar surface area (TPSA) is 81.9 Å². The lowest BCUT2D eigenvalue weighted by Gasteiger charge is -2.37. The second-order valence-electron chi connectivity index (χ2n) is 8.70. The Morgan fingerprint density at radius 3 is 2.28 bits per heavy atom. The van der Waals surface area contributed by atoms with Gasteiger partial charge in [0.1, 0.15) is 12.4 Å². The molecule has 2 aliphatic heterocycles. The van der Waals surface area contributed by atoms with Gasteiger partial charge in [-0.25, -0.2) is 4.99 Å². The van der Waals surface area contributed by atoms with Crippen LogP contribution in [-0.4, -0.2) is 93.7 Å². The van der Waals surface area contributed by atoms with Crippen LogP contribution in [0, 0.1) is 6.92 Å². The van der Waals surface area contributed by atoms with Crippen molar-refractivity contribution in [2.24, 2.45) is 12.0 Å². The Hall–Kier alpha value is -1.43. The average molecular weight is 561 g/mol. The van der Waals surface area contributed by atoms with Gasteiger partial charge in [0.15, 0.2) is 11.8 Å². The molecule has 0 bridgehead atoms. The van der Waals surface area contributed by atoms with Crippen LogP contribution in [0.4, 0.5) is 0 Å². The largest absolute Gasteiger partial charge is 0.356 e. The number of nitrogens with zero attached hydrogens (tertiary/aromatic N) is 7. The molecule has 0 aromatic carbocycles. The van der Waals surface area contributed by atoms with Crippen molar-refractivity contribution in [3.8, 4) is 0 Å². The molecular weight excluding hydrogens is 519 g/mol. The van der Waals surface area contributed by atoms with Gasteiger partial charge >= 0.3 is 0 Å². The number of piperazine rings is 1. The predicted octanol–water partition coefficient (Wildman–Crippen LogP) is 2.01. The number of hydrogen-bond donors (Lipinski definition) is 1. The number of rotatable bonds is 7. The molecule has 2 fully saturated rings. The highest BCUT2D eigenvalue weighted by molar-refractivity contribution is 14.0. The van der Waals surface area contributed by atoms with Crippen LogP contribution in [0.15, 0.2) is 4.99 Å². The van der Waals surface area contributed by atoms with Crippen LogP contribution >= 0.6 is 24.0 Å². The smallest absolute Gasteiger partial charge is 0.236 e. The third-order valence-electron chi connectivity index (χ3n) is 6.36. The van der Waals surface area contributed by atoms with Crippen LogP contribution < -0.4 is 5.32 Å². The zero-order valence-electron chi connectivity index (χ0n) is 20.1. The predicted molar refractivity (Wildman–Crippen MR) is 138 cm³/mol. The number of halogens is 1. The summed E-state index contributed by atoms with van der Waals surface area (Å²) in [5, 5.41) is 11.9. The molecule has 0 atom stereocenters. The highest BCUT2D eigenvalue weighted by Crippen LogP contribution is 2.11. The minimum Gasteiger partial charge on any atom is -0.356 e. The lowest BCUT2D eigenvalue weighted by molar-refractivity contribution is -0.132. The van der Waals surface area contributed by atoms with E-state index in [4.69, 9.17) is 4.99 Å². The number of unbranched alkanes of at least 4 members (excludes halogenated alkanes) is 1. The van der Waals surface area contributed by atoms with Crippen LogP contribution in [0.3, 0.4) is 0 Å². The van der Waals surface area contributed by atoms with Crippen molar-refractivity contribution in [3.05, 3.63) is 11.6 Å². The van der Waals surface area contributed by atoms with E-state index in [0.717, 1.165) is 89.1 Å². The van der Waals surface area contributed by atoms with Gasteiger partial charge in [-0.2, -0.15) is 0 Å². The maximum atomic E-state index is 12.7. The minimum absolute atomic E-state index is 0. The molecule has 2 aliphatic rings. The maximum absolute atomic E-state index is 12.7. The summed E-state index contributed by atoms with van der Waals surface area (Å²) in [5.41, 5.74) is 0. The van der Waals surface area contributed by atoms with Gasteiger partial charge in [0, 0.05) is 52.9 Å². The third-order valence-corrected chi connectivity index (χ3v) is 6.36. The summed E-state index contributed by atoms with van der Waals surface area (Å²) >= 11 is 0. The maximum Gasteiger partial charge on any atom is 0.236 e. The van der Waals surface area contributed by atoms with Gasteiger partial charge in [-0.3, -0.25) is 9.69 Å². The summed E-state index contributed by atoms with van der Waals surface area (Å²) < 4.78 is 1.99. The average Bonchev–Trinajstić information content (AvgIpc) is 2.97. The first kappa shape index (κ1) is 26.8.